The van der Waals surface area contributed by atoms with E-state index in [0.717, 1.165) is 31.4 Å². The van der Waals surface area contributed by atoms with Crippen molar-refractivity contribution in [3.63, 3.8) is 0 Å². The largest absolute Gasteiger partial charge is 0.345 e. The fourth-order valence-corrected chi connectivity index (χ4v) is 5.65. The van der Waals surface area contributed by atoms with Crippen LogP contribution in [0.25, 0.3) is 5.57 Å². The number of rotatable bonds is 11. The molecule has 1 aliphatic carbocycles. The Labute approximate surface area is 256 Å². The average molecular weight is 558 g/mol. The molecule has 0 unspecified atom stereocenters. The molecule has 0 bridgehead atoms. The molecule has 1 aromatic rings. The smallest absolute Gasteiger partial charge is 0.0408 e. The van der Waals surface area contributed by atoms with Gasteiger partial charge < -0.3 is 4.90 Å². The Bertz CT molecular complexity index is 1050. The van der Waals surface area contributed by atoms with E-state index < -0.39 is 0 Å². The lowest BCUT2D eigenvalue weighted by Crippen LogP contribution is -2.26. The maximum absolute atomic E-state index is 4.34. The lowest BCUT2D eigenvalue weighted by atomic mass is 9.78. The summed E-state index contributed by atoms with van der Waals surface area (Å²) in [6, 6.07) is 8.77. The summed E-state index contributed by atoms with van der Waals surface area (Å²) < 4.78 is 0. The van der Waals surface area contributed by atoms with E-state index in [1.165, 1.54) is 72.2 Å². The van der Waals surface area contributed by atoms with E-state index in [1.807, 2.05) is 13.8 Å². The zero-order valence-electron chi connectivity index (χ0n) is 27.3. The summed E-state index contributed by atoms with van der Waals surface area (Å²) in [4.78, 5) is 2.42. The van der Waals surface area contributed by atoms with E-state index in [2.05, 4.69) is 126 Å². The summed E-state index contributed by atoms with van der Waals surface area (Å²) in [5.74, 6) is 0. The van der Waals surface area contributed by atoms with Crippen molar-refractivity contribution in [2.75, 3.05) is 11.4 Å². The van der Waals surface area contributed by atoms with Crippen LogP contribution in [0, 0.1) is 5.41 Å². The first kappa shape index (κ1) is 38.2. The van der Waals surface area contributed by atoms with Crippen LogP contribution in [0.2, 0.25) is 0 Å². The minimum Gasteiger partial charge on any atom is -0.345 e. The van der Waals surface area contributed by atoms with Crippen LogP contribution in [0.4, 0.5) is 5.69 Å². The number of allylic oxidation sites excluding steroid dienone is 12. The zero-order chi connectivity index (χ0) is 30.0. The van der Waals surface area contributed by atoms with Gasteiger partial charge in [0.25, 0.3) is 0 Å². The summed E-state index contributed by atoms with van der Waals surface area (Å²) in [6.07, 6.45) is 26.7. The molecule has 0 spiro atoms. The lowest BCUT2D eigenvalue weighted by molar-refractivity contribution is 0.273. The molecule has 1 aliphatic heterocycles. The molecule has 1 saturated heterocycles. The first-order valence-electron chi connectivity index (χ1n) is 15.9. The zero-order valence-corrected chi connectivity index (χ0v) is 27.3. The summed E-state index contributed by atoms with van der Waals surface area (Å²) in [5, 5.41) is 0. The normalized spacial score (nSPS) is 16.3. The SMILES string of the molecule is C.C=C(C)c1ccc(N2CC(CCC)(CCC)CC2=C)cc1.CC.C\C=C(/C=C(\C=C\CC)CC)C1=CCCC=C1. The molecular weight excluding hydrogens is 494 g/mol. The highest BCUT2D eigenvalue weighted by Gasteiger charge is 2.38. The lowest BCUT2D eigenvalue weighted by Gasteiger charge is -2.29. The molecule has 228 valence electrons. The van der Waals surface area contributed by atoms with Gasteiger partial charge in [-0.05, 0) is 98.6 Å². The number of anilines is 1. The number of hydrogen-bond donors (Lipinski definition) is 0. The van der Waals surface area contributed by atoms with Gasteiger partial charge >= 0.3 is 0 Å². The van der Waals surface area contributed by atoms with Crippen LogP contribution in [0.5, 0.6) is 0 Å². The molecule has 41 heavy (non-hydrogen) atoms. The minimum atomic E-state index is 0. The minimum absolute atomic E-state index is 0. The quantitative estimate of drug-likeness (QED) is 0.245. The van der Waals surface area contributed by atoms with E-state index in [1.54, 1.807) is 0 Å². The van der Waals surface area contributed by atoms with Crippen LogP contribution in [-0.4, -0.2) is 6.54 Å². The van der Waals surface area contributed by atoms with Crippen molar-refractivity contribution >= 4 is 11.3 Å². The van der Waals surface area contributed by atoms with Gasteiger partial charge in [0.15, 0.2) is 0 Å². The van der Waals surface area contributed by atoms with Crippen molar-refractivity contribution in [1.82, 2.24) is 0 Å². The Morgan fingerprint density at radius 3 is 2.10 bits per heavy atom. The Hall–Kier alpha value is -2.80. The maximum Gasteiger partial charge on any atom is 0.0408 e. The summed E-state index contributed by atoms with van der Waals surface area (Å²) >= 11 is 0. The van der Waals surface area contributed by atoms with Crippen molar-refractivity contribution in [3.05, 3.63) is 108 Å². The molecule has 0 radical (unpaired) electrons. The summed E-state index contributed by atoms with van der Waals surface area (Å²) in [5.41, 5.74) is 9.45. The highest BCUT2D eigenvalue weighted by molar-refractivity contribution is 5.65. The molecule has 0 aromatic heterocycles. The van der Waals surface area contributed by atoms with Gasteiger partial charge in [0.05, 0.1) is 0 Å². The van der Waals surface area contributed by atoms with E-state index in [0.29, 0.717) is 5.41 Å². The van der Waals surface area contributed by atoms with Crippen LogP contribution in [0.1, 0.15) is 126 Å². The van der Waals surface area contributed by atoms with Crippen LogP contribution in [-0.2, 0) is 0 Å². The van der Waals surface area contributed by atoms with E-state index >= 15 is 0 Å². The topological polar surface area (TPSA) is 3.24 Å². The Morgan fingerprint density at radius 1 is 1.00 bits per heavy atom. The van der Waals surface area contributed by atoms with Crippen LogP contribution in [0.3, 0.4) is 0 Å². The van der Waals surface area contributed by atoms with E-state index in [-0.39, 0.29) is 7.43 Å². The van der Waals surface area contributed by atoms with Gasteiger partial charge in [-0.1, -0.05) is 135 Å². The molecule has 0 amide bonds. The van der Waals surface area contributed by atoms with Crippen LogP contribution >= 0.6 is 0 Å². The Morgan fingerprint density at radius 2 is 1.63 bits per heavy atom. The van der Waals surface area contributed by atoms with Gasteiger partial charge in [0.1, 0.15) is 0 Å². The predicted molar refractivity (Wildman–Crippen MR) is 191 cm³/mol. The molecule has 0 N–H and O–H groups in total. The van der Waals surface area contributed by atoms with Gasteiger partial charge in [-0.3, -0.25) is 0 Å². The molecule has 1 nitrogen and oxygen atoms in total. The van der Waals surface area contributed by atoms with Gasteiger partial charge in [-0.2, -0.15) is 0 Å². The predicted octanol–water partition coefficient (Wildman–Crippen LogP) is 13.2. The van der Waals surface area contributed by atoms with E-state index in [4.69, 9.17) is 0 Å². The molecule has 2 aliphatic rings. The van der Waals surface area contributed by atoms with Gasteiger partial charge in [-0.15, -0.1) is 0 Å². The highest BCUT2D eigenvalue weighted by atomic mass is 15.2. The van der Waals surface area contributed by atoms with Crippen molar-refractivity contribution in [3.8, 4) is 0 Å². The van der Waals surface area contributed by atoms with Crippen molar-refractivity contribution in [2.24, 2.45) is 5.41 Å². The molecule has 0 saturated carbocycles. The van der Waals surface area contributed by atoms with Crippen LogP contribution < -0.4 is 4.90 Å². The number of benzene rings is 1. The highest BCUT2D eigenvalue weighted by Crippen LogP contribution is 2.45. The molecule has 0 atom stereocenters. The monoisotopic (exact) mass is 557 g/mol. The second-order valence-electron chi connectivity index (χ2n) is 10.9. The molecule has 1 heterocycles. The van der Waals surface area contributed by atoms with Gasteiger partial charge in [-0.25, -0.2) is 0 Å². The maximum atomic E-state index is 4.34. The Kier molecular flexibility index (Phi) is 19.5. The molecule has 1 aromatic carbocycles. The van der Waals surface area contributed by atoms with E-state index in [9.17, 15) is 0 Å². The third-order valence-electron chi connectivity index (χ3n) is 7.64. The fraction of sp³-hybridized carbons (Fsp3) is 0.500. The van der Waals surface area contributed by atoms with Gasteiger partial charge in [0.2, 0.25) is 0 Å². The third-order valence-corrected chi connectivity index (χ3v) is 7.64. The summed E-state index contributed by atoms with van der Waals surface area (Å²) in [7, 11) is 0. The van der Waals surface area contributed by atoms with Crippen molar-refractivity contribution < 1.29 is 0 Å². The first-order valence-corrected chi connectivity index (χ1v) is 15.9. The summed E-state index contributed by atoms with van der Waals surface area (Å²) in [6.45, 7) is 26.6. The molecule has 1 fully saturated rings. The number of nitrogens with zero attached hydrogens (tertiary/aromatic N) is 1. The van der Waals surface area contributed by atoms with Gasteiger partial charge in [0, 0.05) is 17.9 Å². The molecule has 1 heteroatoms. The second kappa shape index (κ2) is 21.0. The van der Waals surface area contributed by atoms with Crippen molar-refractivity contribution in [2.45, 2.75) is 121 Å². The third kappa shape index (κ3) is 12.3. The average Bonchev–Trinajstić information content (AvgIpc) is 3.31. The molecular formula is C40H63N. The number of hydrogen-bond acceptors (Lipinski definition) is 1. The standard InChI is InChI=1S/C20H29N.C17H24.C2H6.CH4/c1-6-12-20(13-7-2)14-17(5)21(15-20)19-10-8-18(9-11-19)16(3)4;1-4-7-11-15(5-2)14-16(6-3)17-12-9-8-10-13-17;1-2;/h8-11H,3,5-7,12-15H2,1-2,4H3;6-7,9,11-14H,4-5,8,10H2,1-3H3;1-2H3;1H4/b;11-7+,15-14-,16-6+;;. The first-order chi connectivity index (χ1) is 19.3. The molecule has 3 rings (SSSR count). The fourth-order valence-electron chi connectivity index (χ4n) is 5.65. The van der Waals surface area contributed by atoms with Crippen LogP contribution in [0.15, 0.2) is 102 Å². The second-order valence-corrected chi connectivity index (χ2v) is 10.9. The van der Waals surface area contributed by atoms with Crippen molar-refractivity contribution in [1.29, 1.82) is 0 Å². The Balaban J connectivity index is 0.000000734.